The number of nitrogens with one attached hydrogen (secondary N) is 1. The van der Waals surface area contributed by atoms with Gasteiger partial charge in [-0.2, -0.15) is 0 Å². The number of aromatic nitrogens is 1. The molecule has 1 heterocycles. The van der Waals surface area contributed by atoms with E-state index in [0.717, 1.165) is 48.1 Å². The highest BCUT2D eigenvalue weighted by atomic mass is 31.2. The van der Waals surface area contributed by atoms with Gasteiger partial charge in [0.1, 0.15) is 5.75 Å². The first-order valence-corrected chi connectivity index (χ1v) is 10.0. The normalized spacial score (nSPS) is 12.3. The molecule has 0 atom stereocenters. The average molecular weight is 366 g/mol. The van der Waals surface area contributed by atoms with E-state index in [9.17, 15) is 14.4 Å². The minimum atomic E-state index is -4.61. The molecule has 0 fully saturated rings. The van der Waals surface area contributed by atoms with E-state index >= 15 is 0 Å². The zero-order valence-electron chi connectivity index (χ0n) is 15.0. The zero-order valence-corrected chi connectivity index (χ0v) is 15.9. The summed E-state index contributed by atoms with van der Waals surface area (Å²) < 4.78 is 16.2. The highest BCUT2D eigenvalue weighted by Crippen LogP contribution is 2.42. The van der Waals surface area contributed by atoms with E-state index < -0.39 is 7.82 Å². The van der Waals surface area contributed by atoms with Crippen LogP contribution in [0.5, 0.6) is 5.75 Å². The molecule has 1 aromatic carbocycles. The first-order valence-electron chi connectivity index (χ1n) is 8.49. The molecule has 0 amide bonds. The second-order valence-electron chi connectivity index (χ2n) is 6.32. The van der Waals surface area contributed by atoms with Gasteiger partial charge in [0, 0.05) is 35.7 Å². The Kier molecular flexibility index (Phi) is 6.47. The maximum Gasteiger partial charge on any atom is 0.524 e. The molecule has 25 heavy (non-hydrogen) atoms. The lowest BCUT2D eigenvalue weighted by Crippen LogP contribution is -2.33. The Morgan fingerprint density at radius 1 is 1.40 bits per heavy atom. The van der Waals surface area contributed by atoms with E-state index in [0.29, 0.717) is 6.04 Å². The Labute approximate surface area is 148 Å². The van der Waals surface area contributed by atoms with Crippen LogP contribution < -0.4 is 4.52 Å². The number of phosphoric ester groups is 1. The van der Waals surface area contributed by atoms with Crippen LogP contribution >= 0.6 is 7.82 Å². The minimum absolute atomic E-state index is 0.219. The zero-order chi connectivity index (χ0) is 18.6. The molecule has 0 bridgehead atoms. The van der Waals surface area contributed by atoms with Crippen LogP contribution in [0.3, 0.4) is 0 Å². The van der Waals surface area contributed by atoms with Crippen LogP contribution in [0.4, 0.5) is 0 Å². The molecule has 6 nitrogen and oxygen atoms in total. The number of hydrogen-bond donors (Lipinski definition) is 3. The van der Waals surface area contributed by atoms with E-state index in [-0.39, 0.29) is 5.75 Å². The van der Waals surface area contributed by atoms with Crippen LogP contribution in [-0.4, -0.2) is 38.8 Å². The smallest absolute Gasteiger partial charge is 0.404 e. The highest BCUT2D eigenvalue weighted by molar-refractivity contribution is 7.46. The number of fused-ring (bicyclic) bond motifs is 1. The first-order chi connectivity index (χ1) is 11.8. The molecule has 0 spiro atoms. The molecule has 7 heteroatoms. The number of phosphoric acid groups is 1. The Hall–Kier alpha value is -1.59. The number of benzene rings is 1. The van der Waals surface area contributed by atoms with E-state index in [2.05, 4.69) is 37.2 Å². The third kappa shape index (κ3) is 4.95. The third-order valence-corrected chi connectivity index (χ3v) is 4.73. The molecule has 0 saturated heterocycles. The van der Waals surface area contributed by atoms with E-state index in [1.165, 1.54) is 0 Å². The van der Waals surface area contributed by atoms with Gasteiger partial charge in [0.25, 0.3) is 0 Å². The van der Waals surface area contributed by atoms with Crippen molar-refractivity contribution in [1.82, 2.24) is 9.88 Å². The standard InChI is InChI=1S/C18H27N2O4P/c1-5-11-20(13(3)4)12-10-14-15(6-2)19-16-8-7-9-17(18(14)16)24-25(21,22)23/h5,7-9,13,19H,1,6,10-12H2,2-4H3,(H2,21,22,23). The Balaban J connectivity index is 2.42. The lowest BCUT2D eigenvalue weighted by molar-refractivity contribution is 0.249. The summed E-state index contributed by atoms with van der Waals surface area (Å²) in [5.74, 6) is 0.219. The van der Waals surface area contributed by atoms with Gasteiger partial charge in [0.15, 0.2) is 0 Å². The second-order valence-corrected chi connectivity index (χ2v) is 7.49. The molecule has 0 saturated carbocycles. The molecule has 3 N–H and O–H groups in total. The van der Waals surface area contributed by atoms with Gasteiger partial charge in [0.2, 0.25) is 0 Å². The first kappa shape index (κ1) is 19.7. The number of aryl methyl sites for hydroxylation is 1. The number of rotatable bonds is 9. The summed E-state index contributed by atoms with van der Waals surface area (Å²) in [5.41, 5.74) is 2.95. The number of hydrogen-bond acceptors (Lipinski definition) is 3. The molecule has 0 aliphatic carbocycles. The van der Waals surface area contributed by atoms with Crippen molar-refractivity contribution in [2.45, 2.75) is 39.7 Å². The average Bonchev–Trinajstić information content (AvgIpc) is 2.88. The topological polar surface area (TPSA) is 85.8 Å². The lowest BCUT2D eigenvalue weighted by atomic mass is 10.0. The van der Waals surface area contributed by atoms with Gasteiger partial charge in [-0.25, -0.2) is 4.57 Å². The van der Waals surface area contributed by atoms with Gasteiger partial charge in [0.05, 0.1) is 0 Å². The minimum Gasteiger partial charge on any atom is -0.404 e. The summed E-state index contributed by atoms with van der Waals surface area (Å²) in [6.07, 6.45) is 3.46. The molecule has 2 aromatic rings. The molecule has 0 unspecified atom stereocenters. The summed E-state index contributed by atoms with van der Waals surface area (Å²) in [6.45, 7) is 11.8. The van der Waals surface area contributed by atoms with Crippen molar-refractivity contribution in [2.24, 2.45) is 0 Å². The predicted octanol–water partition coefficient (Wildman–Crippen LogP) is 3.64. The highest BCUT2D eigenvalue weighted by Gasteiger charge is 2.21. The summed E-state index contributed by atoms with van der Waals surface area (Å²) in [6, 6.07) is 5.61. The van der Waals surface area contributed by atoms with Gasteiger partial charge in [-0.05, 0) is 44.4 Å². The molecule has 0 aliphatic heterocycles. The molecule has 138 valence electrons. The SMILES string of the molecule is C=CCN(CCc1c(CC)[nH]c2cccc(OP(=O)(O)O)c12)C(C)C. The summed E-state index contributed by atoms with van der Waals surface area (Å²) in [5, 5.41) is 0.755. The number of aromatic amines is 1. The van der Waals surface area contributed by atoms with Crippen LogP contribution in [0, 0.1) is 0 Å². The van der Waals surface area contributed by atoms with Crippen LogP contribution in [0.25, 0.3) is 10.9 Å². The van der Waals surface area contributed by atoms with Gasteiger partial charge >= 0.3 is 7.82 Å². The van der Waals surface area contributed by atoms with Gasteiger partial charge in [-0.1, -0.05) is 19.1 Å². The summed E-state index contributed by atoms with van der Waals surface area (Å²) in [4.78, 5) is 24.1. The monoisotopic (exact) mass is 366 g/mol. The molecule has 0 radical (unpaired) electrons. The van der Waals surface area contributed by atoms with Crippen molar-refractivity contribution < 1.29 is 18.9 Å². The third-order valence-electron chi connectivity index (χ3n) is 4.29. The van der Waals surface area contributed by atoms with Crippen molar-refractivity contribution in [1.29, 1.82) is 0 Å². The molecular weight excluding hydrogens is 339 g/mol. The van der Waals surface area contributed by atoms with Crippen molar-refractivity contribution >= 4 is 18.7 Å². The Bertz CT molecular complexity index is 779. The maximum absolute atomic E-state index is 11.3. The van der Waals surface area contributed by atoms with Crippen LogP contribution in [0.1, 0.15) is 32.0 Å². The van der Waals surface area contributed by atoms with E-state index in [1.807, 2.05) is 12.1 Å². The Morgan fingerprint density at radius 3 is 2.68 bits per heavy atom. The summed E-state index contributed by atoms with van der Waals surface area (Å²) >= 11 is 0. The van der Waals surface area contributed by atoms with Crippen molar-refractivity contribution in [2.75, 3.05) is 13.1 Å². The Morgan fingerprint density at radius 2 is 2.12 bits per heavy atom. The summed E-state index contributed by atoms with van der Waals surface area (Å²) in [7, 11) is -4.61. The molecule has 1 aromatic heterocycles. The number of H-pyrrole nitrogens is 1. The van der Waals surface area contributed by atoms with Gasteiger partial charge < -0.3 is 9.51 Å². The fourth-order valence-electron chi connectivity index (χ4n) is 3.10. The van der Waals surface area contributed by atoms with Crippen LogP contribution in [0.15, 0.2) is 30.9 Å². The fourth-order valence-corrected chi connectivity index (χ4v) is 3.51. The van der Waals surface area contributed by atoms with E-state index in [4.69, 9.17) is 4.52 Å². The molecule has 2 rings (SSSR count). The van der Waals surface area contributed by atoms with Crippen LogP contribution in [-0.2, 0) is 17.4 Å². The van der Waals surface area contributed by atoms with Crippen LogP contribution in [0.2, 0.25) is 0 Å². The maximum atomic E-state index is 11.3. The largest absolute Gasteiger partial charge is 0.524 e. The molecular formula is C18H27N2O4P. The van der Waals surface area contributed by atoms with E-state index in [1.54, 1.807) is 12.1 Å². The van der Waals surface area contributed by atoms with Crippen molar-refractivity contribution in [3.05, 3.63) is 42.1 Å². The van der Waals surface area contributed by atoms with Crippen molar-refractivity contribution in [3.63, 3.8) is 0 Å². The lowest BCUT2D eigenvalue weighted by Gasteiger charge is -2.25. The van der Waals surface area contributed by atoms with Gasteiger partial charge in [-0.3, -0.25) is 14.7 Å². The molecule has 0 aliphatic rings. The predicted molar refractivity (Wildman–Crippen MR) is 101 cm³/mol. The second kappa shape index (κ2) is 8.19. The fraction of sp³-hybridized carbons (Fsp3) is 0.444. The number of nitrogens with zero attached hydrogens (tertiary/aromatic N) is 1. The quantitative estimate of drug-likeness (QED) is 0.466. The van der Waals surface area contributed by atoms with Gasteiger partial charge in [-0.15, -0.1) is 6.58 Å². The van der Waals surface area contributed by atoms with Crippen molar-refractivity contribution in [3.8, 4) is 5.75 Å².